The number of hydrogen-bond donors (Lipinski definition) is 0. The van der Waals surface area contributed by atoms with Crippen molar-refractivity contribution in [3.8, 4) is 12.3 Å². The molecule has 3 aliphatic rings. The van der Waals surface area contributed by atoms with Crippen LogP contribution in [0.1, 0.15) is 64.2 Å². The summed E-state index contributed by atoms with van der Waals surface area (Å²) in [5.41, 5.74) is 0. The predicted molar refractivity (Wildman–Crippen MR) is 107 cm³/mol. The molecule has 0 aromatic rings. The van der Waals surface area contributed by atoms with Gasteiger partial charge in [-0.15, -0.1) is 6.42 Å². The molecule has 2 aliphatic heterocycles. The van der Waals surface area contributed by atoms with E-state index < -0.39 is 0 Å². The van der Waals surface area contributed by atoms with E-state index in [1.54, 1.807) is 0 Å². The average Bonchev–Trinajstić information content (AvgIpc) is 2.73. The van der Waals surface area contributed by atoms with Crippen LogP contribution in [0.25, 0.3) is 0 Å². The van der Waals surface area contributed by atoms with E-state index >= 15 is 0 Å². The van der Waals surface area contributed by atoms with Gasteiger partial charge < -0.3 is 9.80 Å². The zero-order valence-electron chi connectivity index (χ0n) is 16.7. The number of amides is 2. The summed E-state index contributed by atoms with van der Waals surface area (Å²) in [6.07, 6.45) is 16.9. The number of carbonyl (C=O) groups excluding carboxylic acids is 2. The lowest BCUT2D eigenvalue weighted by molar-refractivity contribution is -0.144. The Morgan fingerprint density at radius 1 is 0.852 bits per heavy atom. The molecule has 5 heteroatoms. The van der Waals surface area contributed by atoms with Crippen molar-refractivity contribution in [1.82, 2.24) is 14.7 Å². The number of carbonyl (C=O) groups is 2. The molecule has 1 saturated carbocycles. The minimum Gasteiger partial charge on any atom is -0.339 e. The van der Waals surface area contributed by atoms with Gasteiger partial charge in [-0.25, -0.2) is 0 Å². The van der Waals surface area contributed by atoms with Crippen LogP contribution in [0, 0.1) is 18.3 Å². The van der Waals surface area contributed by atoms with Crippen LogP contribution in [0.15, 0.2) is 0 Å². The normalized spacial score (nSPS) is 25.2. The van der Waals surface area contributed by atoms with E-state index in [-0.39, 0.29) is 17.9 Å². The van der Waals surface area contributed by atoms with Gasteiger partial charge in [0.05, 0.1) is 12.6 Å². The van der Waals surface area contributed by atoms with Crippen LogP contribution in [-0.4, -0.2) is 71.8 Å². The van der Waals surface area contributed by atoms with Gasteiger partial charge in [0.25, 0.3) is 0 Å². The molecule has 0 aromatic carbocycles. The molecule has 2 amide bonds. The van der Waals surface area contributed by atoms with E-state index in [1.807, 2.05) is 9.80 Å². The minimum atomic E-state index is -0.0663. The highest BCUT2D eigenvalue weighted by molar-refractivity contribution is 5.82. The third-order valence-electron chi connectivity index (χ3n) is 6.63. The smallest absolute Gasteiger partial charge is 0.240 e. The van der Waals surface area contributed by atoms with Gasteiger partial charge in [0.1, 0.15) is 0 Å². The van der Waals surface area contributed by atoms with E-state index in [2.05, 4.69) is 10.8 Å². The lowest BCUT2D eigenvalue weighted by atomic mass is 9.86. The Labute approximate surface area is 164 Å². The quantitative estimate of drug-likeness (QED) is 0.696. The van der Waals surface area contributed by atoms with Crippen LogP contribution < -0.4 is 0 Å². The number of terminal acetylenes is 1. The van der Waals surface area contributed by atoms with Crippen LogP contribution in [0.4, 0.5) is 0 Å². The van der Waals surface area contributed by atoms with E-state index in [4.69, 9.17) is 6.42 Å². The molecule has 0 N–H and O–H groups in total. The number of hydrogen-bond acceptors (Lipinski definition) is 3. The lowest BCUT2D eigenvalue weighted by Gasteiger charge is -2.40. The molecule has 150 valence electrons. The Morgan fingerprint density at radius 2 is 1.52 bits per heavy atom. The van der Waals surface area contributed by atoms with Gasteiger partial charge in [-0.3, -0.25) is 14.5 Å². The first-order valence-electron chi connectivity index (χ1n) is 10.9. The second-order valence-corrected chi connectivity index (χ2v) is 8.43. The van der Waals surface area contributed by atoms with Crippen molar-refractivity contribution in [3.63, 3.8) is 0 Å². The maximum absolute atomic E-state index is 13.0. The molecule has 2 heterocycles. The maximum atomic E-state index is 13.0. The van der Waals surface area contributed by atoms with Crippen molar-refractivity contribution in [2.75, 3.05) is 39.3 Å². The van der Waals surface area contributed by atoms with Crippen LogP contribution in [0.5, 0.6) is 0 Å². The highest BCUT2D eigenvalue weighted by Gasteiger charge is 2.33. The Morgan fingerprint density at radius 3 is 2.22 bits per heavy atom. The molecule has 3 rings (SSSR count). The van der Waals surface area contributed by atoms with E-state index in [1.165, 1.54) is 32.1 Å². The largest absolute Gasteiger partial charge is 0.339 e. The molecule has 27 heavy (non-hydrogen) atoms. The molecule has 0 radical (unpaired) electrons. The molecule has 5 nitrogen and oxygen atoms in total. The molecule has 2 saturated heterocycles. The number of rotatable bonds is 5. The highest BCUT2D eigenvalue weighted by Crippen LogP contribution is 2.27. The van der Waals surface area contributed by atoms with Crippen molar-refractivity contribution < 1.29 is 9.59 Å². The van der Waals surface area contributed by atoms with Gasteiger partial charge >= 0.3 is 0 Å². The number of piperidine rings is 1. The molecule has 1 unspecified atom stereocenters. The molecule has 0 bridgehead atoms. The topological polar surface area (TPSA) is 43.9 Å². The summed E-state index contributed by atoms with van der Waals surface area (Å²) in [6.45, 7) is 4.15. The molecule has 0 spiro atoms. The maximum Gasteiger partial charge on any atom is 0.240 e. The Bertz CT molecular complexity index is 542. The second-order valence-electron chi connectivity index (χ2n) is 8.43. The summed E-state index contributed by atoms with van der Waals surface area (Å²) in [7, 11) is 0. The molecule has 0 aromatic heterocycles. The standard InChI is InChI=1S/C22H35N3O2/c1-2-13-23-14-7-6-10-20(23)22(27)25-17-15-24(16-18-25)21(26)12-11-19-8-4-3-5-9-19/h1,19-20H,3-18H2. The van der Waals surface area contributed by atoms with Crippen molar-refractivity contribution in [2.45, 2.75) is 70.3 Å². The van der Waals surface area contributed by atoms with Crippen molar-refractivity contribution in [1.29, 1.82) is 0 Å². The number of nitrogens with zero attached hydrogens (tertiary/aromatic N) is 3. The van der Waals surface area contributed by atoms with Gasteiger partial charge in [-0.1, -0.05) is 44.4 Å². The SMILES string of the molecule is C#CCN1CCCCC1C(=O)N1CCN(C(=O)CCC2CCCCC2)CC1. The lowest BCUT2D eigenvalue weighted by Crippen LogP contribution is -2.56. The Balaban J connectivity index is 1.43. The van der Waals surface area contributed by atoms with Gasteiger partial charge in [0.15, 0.2) is 0 Å². The third-order valence-corrected chi connectivity index (χ3v) is 6.63. The van der Waals surface area contributed by atoms with Gasteiger partial charge in [-0.2, -0.15) is 0 Å². The summed E-state index contributed by atoms with van der Waals surface area (Å²) >= 11 is 0. The second kappa shape index (κ2) is 10.1. The fourth-order valence-corrected chi connectivity index (χ4v) is 4.93. The molecule has 1 aliphatic carbocycles. The van der Waals surface area contributed by atoms with Crippen molar-refractivity contribution >= 4 is 11.8 Å². The van der Waals surface area contributed by atoms with Crippen molar-refractivity contribution in [3.05, 3.63) is 0 Å². The zero-order chi connectivity index (χ0) is 19.1. The molecule has 3 fully saturated rings. The summed E-state index contributed by atoms with van der Waals surface area (Å²) in [6, 6.07) is -0.0663. The van der Waals surface area contributed by atoms with Gasteiger partial charge in [0.2, 0.25) is 11.8 Å². The van der Waals surface area contributed by atoms with E-state index in [0.29, 0.717) is 39.1 Å². The van der Waals surface area contributed by atoms with Gasteiger partial charge in [0, 0.05) is 32.6 Å². The Hall–Kier alpha value is -1.54. The van der Waals surface area contributed by atoms with Crippen molar-refractivity contribution in [2.24, 2.45) is 5.92 Å². The summed E-state index contributed by atoms with van der Waals surface area (Å²) in [4.78, 5) is 31.6. The summed E-state index contributed by atoms with van der Waals surface area (Å²) in [5, 5.41) is 0. The fourth-order valence-electron chi connectivity index (χ4n) is 4.93. The third kappa shape index (κ3) is 5.48. The first kappa shape index (κ1) is 20.2. The first-order valence-corrected chi connectivity index (χ1v) is 10.9. The predicted octanol–water partition coefficient (Wildman–Crippen LogP) is 2.51. The first-order chi connectivity index (χ1) is 13.2. The van der Waals surface area contributed by atoms with Gasteiger partial charge in [-0.05, 0) is 31.7 Å². The van der Waals surface area contributed by atoms with Crippen LogP contribution in [-0.2, 0) is 9.59 Å². The monoisotopic (exact) mass is 373 g/mol. The van der Waals surface area contributed by atoms with E-state index in [0.717, 1.165) is 38.1 Å². The van der Waals surface area contributed by atoms with Crippen LogP contribution in [0.3, 0.4) is 0 Å². The summed E-state index contributed by atoms with van der Waals surface area (Å²) < 4.78 is 0. The van der Waals surface area contributed by atoms with Crippen LogP contribution >= 0.6 is 0 Å². The highest BCUT2D eigenvalue weighted by atomic mass is 16.2. The number of likely N-dealkylation sites (tertiary alicyclic amines) is 1. The van der Waals surface area contributed by atoms with E-state index in [9.17, 15) is 9.59 Å². The summed E-state index contributed by atoms with van der Waals surface area (Å²) in [5.74, 6) is 3.92. The molecule has 1 atom stereocenters. The Kier molecular flexibility index (Phi) is 7.58. The minimum absolute atomic E-state index is 0.0663. The van der Waals surface area contributed by atoms with Crippen LogP contribution in [0.2, 0.25) is 0 Å². The zero-order valence-corrected chi connectivity index (χ0v) is 16.7. The molecular weight excluding hydrogens is 338 g/mol. The average molecular weight is 374 g/mol. The fraction of sp³-hybridized carbons (Fsp3) is 0.818. The number of piperazine rings is 1. The molecular formula is C22H35N3O2.